The van der Waals surface area contributed by atoms with Crippen molar-refractivity contribution in [3.63, 3.8) is 0 Å². The van der Waals surface area contributed by atoms with Crippen molar-refractivity contribution in [3.8, 4) is 0 Å². The molecule has 3 N–H and O–H groups in total. The van der Waals surface area contributed by atoms with E-state index in [2.05, 4.69) is 6.92 Å². The van der Waals surface area contributed by atoms with Gasteiger partial charge in [-0.2, -0.15) is 0 Å². The molecule has 3 atom stereocenters. The molecule has 0 bridgehead atoms. The second-order valence-electron chi connectivity index (χ2n) is 6.65. The van der Waals surface area contributed by atoms with Crippen molar-refractivity contribution in [1.82, 2.24) is 0 Å². The molecular weight excluding hydrogens is 256 g/mol. The van der Waals surface area contributed by atoms with Gasteiger partial charge in [0.25, 0.3) is 0 Å². The summed E-state index contributed by atoms with van der Waals surface area (Å²) in [7, 11) is 0. The molecule has 2 rings (SSSR count). The molecule has 0 aromatic rings. The first kappa shape index (κ1) is 15.9. The van der Waals surface area contributed by atoms with Gasteiger partial charge in [0.2, 0.25) is 0 Å². The molecule has 1 heterocycles. The fourth-order valence-electron chi connectivity index (χ4n) is 3.82. The molecular formula is C15H29N2O3+. The van der Waals surface area contributed by atoms with Crippen LogP contribution in [0.2, 0.25) is 0 Å². The van der Waals surface area contributed by atoms with Crippen molar-refractivity contribution in [2.45, 2.75) is 57.9 Å². The van der Waals surface area contributed by atoms with Gasteiger partial charge in [0.15, 0.2) is 5.78 Å². The lowest BCUT2D eigenvalue weighted by atomic mass is 9.83. The molecule has 1 aliphatic heterocycles. The van der Waals surface area contributed by atoms with Crippen LogP contribution in [0, 0.1) is 17.0 Å². The predicted molar refractivity (Wildman–Crippen MR) is 75.4 cm³/mol. The van der Waals surface area contributed by atoms with Gasteiger partial charge in [-0.3, -0.25) is 4.79 Å². The van der Waals surface area contributed by atoms with Gasteiger partial charge in [0, 0.05) is 24.7 Å². The highest BCUT2D eigenvalue weighted by Gasteiger charge is 2.32. The molecule has 1 saturated heterocycles. The van der Waals surface area contributed by atoms with Crippen LogP contribution in [0.3, 0.4) is 0 Å². The second-order valence-corrected chi connectivity index (χ2v) is 6.65. The smallest absolute Gasteiger partial charge is 0.189 e. The summed E-state index contributed by atoms with van der Waals surface area (Å²) in [6.07, 6.45) is 6.70. The van der Waals surface area contributed by atoms with E-state index in [1.54, 1.807) is 0 Å². The van der Waals surface area contributed by atoms with Crippen molar-refractivity contribution in [2.24, 2.45) is 11.8 Å². The zero-order chi connectivity index (χ0) is 14.5. The number of likely N-dealkylation sites (tertiary alicyclic amines) is 1. The van der Waals surface area contributed by atoms with Crippen molar-refractivity contribution in [2.75, 3.05) is 19.6 Å². The quantitative estimate of drug-likeness (QED) is 0.602. The maximum atomic E-state index is 12.4. The number of carbonyl (C=O) groups excluding carboxylic acids is 1. The van der Waals surface area contributed by atoms with Gasteiger partial charge >= 0.3 is 0 Å². The summed E-state index contributed by atoms with van der Waals surface area (Å²) in [5.41, 5.74) is 0. The summed E-state index contributed by atoms with van der Waals surface area (Å²) in [6.45, 7) is 5.18. The van der Waals surface area contributed by atoms with Gasteiger partial charge in [-0.1, -0.05) is 6.92 Å². The number of hydroxylamine groups is 2. The first-order valence-electron chi connectivity index (χ1n) is 8.19. The van der Waals surface area contributed by atoms with E-state index in [0.29, 0.717) is 25.2 Å². The molecule has 5 nitrogen and oxygen atoms in total. The average molecular weight is 285 g/mol. The Morgan fingerprint density at radius 1 is 1.30 bits per heavy atom. The van der Waals surface area contributed by atoms with E-state index >= 15 is 0 Å². The van der Waals surface area contributed by atoms with Crippen molar-refractivity contribution in [3.05, 3.63) is 5.21 Å². The Morgan fingerprint density at radius 2 is 2.00 bits per heavy atom. The normalized spacial score (nSPS) is 36.5. The van der Waals surface area contributed by atoms with Crippen LogP contribution in [-0.4, -0.2) is 36.7 Å². The van der Waals surface area contributed by atoms with E-state index < -0.39 is 5.23 Å². The molecule has 3 unspecified atom stereocenters. The topological polar surface area (TPSA) is 69.2 Å². The fourth-order valence-corrected chi connectivity index (χ4v) is 3.82. The van der Waals surface area contributed by atoms with Gasteiger partial charge in [-0.25, -0.2) is 10.4 Å². The summed E-state index contributed by atoms with van der Waals surface area (Å²) in [6, 6.07) is -0.217. The Labute approximate surface area is 121 Å². The van der Waals surface area contributed by atoms with Crippen LogP contribution in [0.15, 0.2) is 0 Å². The maximum Gasteiger partial charge on any atom is 0.189 e. The van der Waals surface area contributed by atoms with Crippen LogP contribution in [-0.2, 0) is 4.79 Å². The summed E-state index contributed by atoms with van der Waals surface area (Å²) in [5, 5.41) is 19.2. The monoisotopic (exact) mass is 285 g/mol. The highest BCUT2D eigenvalue weighted by atomic mass is 16.8. The Balaban J connectivity index is 1.75. The minimum Gasteiger partial charge on any atom is -0.600 e. The molecule has 0 spiro atoms. The number of piperidine rings is 1. The summed E-state index contributed by atoms with van der Waals surface area (Å²) in [5.74, 6) is 1.29. The Morgan fingerprint density at radius 3 is 2.60 bits per heavy atom. The summed E-state index contributed by atoms with van der Waals surface area (Å²) < 4.78 is 0. The lowest BCUT2D eigenvalue weighted by molar-refractivity contribution is -1.07. The number of nitrogens with one attached hydrogen (secondary N) is 2. The average Bonchev–Trinajstić information content (AvgIpc) is 2.47. The number of hydrogen-bond donors (Lipinski definition) is 3. The highest BCUT2D eigenvalue weighted by Crippen LogP contribution is 2.23. The molecule has 1 aliphatic carbocycles. The first-order chi connectivity index (χ1) is 9.60. The van der Waals surface area contributed by atoms with Gasteiger partial charge in [0.1, 0.15) is 12.6 Å². The third-order valence-electron chi connectivity index (χ3n) is 5.25. The zero-order valence-corrected chi connectivity index (χ0v) is 12.6. The van der Waals surface area contributed by atoms with Crippen LogP contribution >= 0.6 is 0 Å². The molecule has 0 aromatic heterocycles. The SMILES string of the molecule is CCC1CCC[NH+](CC(=O)C2CCC([NH+]([O-])O)CC2)C1. The number of ketones is 1. The largest absolute Gasteiger partial charge is 0.600 e. The summed E-state index contributed by atoms with van der Waals surface area (Å²) >= 11 is 0. The zero-order valence-electron chi connectivity index (χ0n) is 12.6. The number of quaternary nitrogens is 2. The van der Waals surface area contributed by atoms with E-state index in [1.807, 2.05) is 0 Å². The molecule has 0 radical (unpaired) electrons. The third-order valence-corrected chi connectivity index (χ3v) is 5.25. The number of Topliss-reactive ketones (excluding diaryl/α,β-unsaturated/α-hetero) is 1. The van der Waals surface area contributed by atoms with Gasteiger partial charge in [-0.05, 0) is 32.1 Å². The van der Waals surface area contributed by atoms with Crippen LogP contribution < -0.4 is 10.1 Å². The van der Waals surface area contributed by atoms with Gasteiger partial charge in [0.05, 0.1) is 13.1 Å². The molecule has 1 saturated carbocycles. The van der Waals surface area contributed by atoms with Gasteiger partial charge in [-0.15, -0.1) is 0 Å². The molecule has 0 aromatic carbocycles. The lowest BCUT2D eigenvalue weighted by Gasteiger charge is -2.33. The van der Waals surface area contributed by atoms with Crippen LogP contribution in [0.5, 0.6) is 0 Å². The van der Waals surface area contributed by atoms with E-state index in [1.165, 1.54) is 24.2 Å². The second kappa shape index (κ2) is 7.50. The summed E-state index contributed by atoms with van der Waals surface area (Å²) in [4.78, 5) is 13.8. The maximum absolute atomic E-state index is 12.4. The minimum atomic E-state index is -0.691. The Hall–Kier alpha value is -0.490. The van der Waals surface area contributed by atoms with Crippen molar-refractivity contribution >= 4 is 5.78 Å². The Kier molecular flexibility index (Phi) is 5.96. The highest BCUT2D eigenvalue weighted by molar-refractivity contribution is 5.81. The van der Waals surface area contributed by atoms with E-state index in [0.717, 1.165) is 31.8 Å². The number of rotatable bonds is 5. The fraction of sp³-hybridized carbons (Fsp3) is 0.933. The standard InChI is InChI=1S/C15H28N2O3/c1-2-12-4-3-9-16(10-12)11-15(18)13-5-7-14(8-6-13)17(19)20/h12-14,17,19H,2-11H2,1H3/p+1. The minimum absolute atomic E-state index is 0.125. The van der Waals surface area contributed by atoms with E-state index in [9.17, 15) is 10.0 Å². The molecule has 116 valence electrons. The Bertz CT molecular complexity index is 314. The van der Waals surface area contributed by atoms with Crippen molar-refractivity contribution in [1.29, 1.82) is 0 Å². The van der Waals surface area contributed by atoms with E-state index in [4.69, 9.17) is 5.21 Å². The number of carbonyl (C=O) groups is 1. The third kappa shape index (κ3) is 4.25. The van der Waals surface area contributed by atoms with Gasteiger partial charge < -0.3 is 10.1 Å². The molecule has 2 fully saturated rings. The van der Waals surface area contributed by atoms with Crippen LogP contribution in [0.1, 0.15) is 51.9 Å². The first-order valence-corrected chi connectivity index (χ1v) is 8.19. The van der Waals surface area contributed by atoms with Crippen molar-refractivity contribution < 1.29 is 20.1 Å². The lowest BCUT2D eigenvalue weighted by Crippen LogP contribution is -3.14. The number of hydrogen-bond acceptors (Lipinski definition) is 3. The molecule has 20 heavy (non-hydrogen) atoms. The predicted octanol–water partition coefficient (Wildman–Crippen LogP) is -0.409. The van der Waals surface area contributed by atoms with Crippen LogP contribution in [0.4, 0.5) is 0 Å². The van der Waals surface area contributed by atoms with E-state index in [-0.39, 0.29) is 12.0 Å². The molecule has 2 aliphatic rings. The molecule has 5 heteroatoms. The van der Waals surface area contributed by atoms with Crippen LogP contribution in [0.25, 0.3) is 0 Å². The molecule has 0 amide bonds.